The zero-order chi connectivity index (χ0) is 24.1. The number of carbonyl (C=O) groups excluding carboxylic acids is 1. The Kier molecular flexibility index (Phi) is 7.81. The molecule has 0 unspecified atom stereocenters. The van der Waals surface area contributed by atoms with Crippen LogP contribution in [-0.2, 0) is 11.2 Å². The van der Waals surface area contributed by atoms with Gasteiger partial charge in [-0.3, -0.25) is 9.78 Å². The molecule has 0 saturated carbocycles. The molecule has 0 spiro atoms. The summed E-state index contributed by atoms with van der Waals surface area (Å²) in [4.78, 5) is 15.5. The van der Waals surface area contributed by atoms with E-state index in [9.17, 15) is 9.90 Å². The smallest absolute Gasteiger partial charge is 0.248 e. The first-order chi connectivity index (χ1) is 15.6. The Morgan fingerprint density at radius 2 is 1.67 bits per heavy atom. The Balaban J connectivity index is 1.78. The van der Waals surface area contributed by atoms with Gasteiger partial charge in [-0.05, 0) is 74.9 Å². The highest BCUT2D eigenvalue weighted by Crippen LogP contribution is 2.31. The SMILES string of the molecule is Cc1cc(-c2nnc(-c3cc(C)c(OC[C@@H](O)CCC(N)=O)c(C)c3)o2)cc(CC(C)C)n1. The monoisotopic (exact) mass is 452 g/mol. The summed E-state index contributed by atoms with van der Waals surface area (Å²) in [6.07, 6.45) is 0.506. The van der Waals surface area contributed by atoms with Crippen LogP contribution in [0.5, 0.6) is 5.75 Å². The van der Waals surface area contributed by atoms with Crippen LogP contribution in [0.1, 0.15) is 49.2 Å². The molecule has 0 fully saturated rings. The maximum absolute atomic E-state index is 10.9. The summed E-state index contributed by atoms with van der Waals surface area (Å²) in [5, 5.41) is 18.5. The molecule has 1 aromatic carbocycles. The Hall–Kier alpha value is -3.26. The van der Waals surface area contributed by atoms with E-state index >= 15 is 0 Å². The molecule has 8 nitrogen and oxygen atoms in total. The van der Waals surface area contributed by atoms with Crippen LogP contribution in [0.2, 0.25) is 0 Å². The fraction of sp³-hybridized carbons (Fsp3) is 0.440. The van der Waals surface area contributed by atoms with Gasteiger partial charge in [0, 0.05) is 28.9 Å². The zero-order valence-electron chi connectivity index (χ0n) is 19.9. The number of aromatic nitrogens is 3. The molecule has 0 bridgehead atoms. The van der Waals surface area contributed by atoms with Crippen molar-refractivity contribution >= 4 is 5.91 Å². The number of rotatable bonds is 10. The molecule has 3 aromatic rings. The van der Waals surface area contributed by atoms with Crippen LogP contribution in [0.3, 0.4) is 0 Å². The van der Waals surface area contributed by atoms with Crippen LogP contribution >= 0.6 is 0 Å². The van der Waals surface area contributed by atoms with Gasteiger partial charge in [0.1, 0.15) is 12.4 Å². The van der Waals surface area contributed by atoms with Crippen molar-refractivity contribution in [2.24, 2.45) is 11.7 Å². The van der Waals surface area contributed by atoms with E-state index in [1.807, 2.05) is 45.0 Å². The summed E-state index contributed by atoms with van der Waals surface area (Å²) in [5.74, 6) is 1.61. The highest BCUT2D eigenvalue weighted by atomic mass is 16.5. The van der Waals surface area contributed by atoms with Crippen LogP contribution in [0.4, 0.5) is 0 Å². The Morgan fingerprint density at radius 3 is 2.24 bits per heavy atom. The van der Waals surface area contributed by atoms with E-state index in [1.54, 1.807) is 0 Å². The van der Waals surface area contributed by atoms with Crippen molar-refractivity contribution in [1.82, 2.24) is 15.2 Å². The van der Waals surface area contributed by atoms with E-state index in [0.29, 0.717) is 23.4 Å². The third kappa shape index (κ3) is 6.61. The highest BCUT2D eigenvalue weighted by Gasteiger charge is 2.16. The molecule has 0 radical (unpaired) electrons. The van der Waals surface area contributed by atoms with Crippen molar-refractivity contribution in [1.29, 1.82) is 0 Å². The van der Waals surface area contributed by atoms with Gasteiger partial charge < -0.3 is 20.0 Å². The van der Waals surface area contributed by atoms with Crippen molar-refractivity contribution < 1.29 is 19.1 Å². The van der Waals surface area contributed by atoms with Crippen molar-refractivity contribution in [3.8, 4) is 28.7 Å². The van der Waals surface area contributed by atoms with Gasteiger partial charge >= 0.3 is 0 Å². The minimum atomic E-state index is -0.765. The topological polar surface area (TPSA) is 124 Å². The number of nitrogens with two attached hydrogens (primary N) is 1. The minimum absolute atomic E-state index is 0.0825. The lowest BCUT2D eigenvalue weighted by molar-refractivity contribution is -0.118. The number of hydrogen-bond donors (Lipinski definition) is 2. The molecule has 0 aliphatic heterocycles. The first-order valence-corrected chi connectivity index (χ1v) is 11.1. The van der Waals surface area contributed by atoms with Crippen LogP contribution in [0, 0.1) is 26.7 Å². The third-order valence-electron chi connectivity index (χ3n) is 5.15. The average Bonchev–Trinajstić information content (AvgIpc) is 3.21. The molecule has 8 heteroatoms. The molecule has 2 aromatic heterocycles. The number of pyridine rings is 1. The number of ether oxygens (including phenoxy) is 1. The van der Waals surface area contributed by atoms with Crippen LogP contribution in [0.25, 0.3) is 22.9 Å². The lowest BCUT2D eigenvalue weighted by Crippen LogP contribution is -2.21. The van der Waals surface area contributed by atoms with Gasteiger partial charge in [-0.2, -0.15) is 0 Å². The quantitative estimate of drug-likeness (QED) is 0.477. The third-order valence-corrected chi connectivity index (χ3v) is 5.15. The van der Waals surface area contributed by atoms with Gasteiger partial charge in [0.2, 0.25) is 17.7 Å². The van der Waals surface area contributed by atoms with Crippen LogP contribution < -0.4 is 10.5 Å². The standard InChI is InChI=1S/C25H32N4O4/c1-14(2)8-20-12-19(11-17(5)27-20)25-29-28-24(33-25)18-9-15(3)23(16(4)10-18)32-13-21(30)6-7-22(26)31/h9-12,14,21,30H,6-8,13H2,1-5H3,(H2,26,31)/t21-/m0/s1. The predicted octanol–water partition coefficient (Wildman–Crippen LogP) is 3.93. The van der Waals surface area contributed by atoms with Gasteiger partial charge in [0.15, 0.2) is 0 Å². The van der Waals surface area contributed by atoms with Crippen molar-refractivity contribution in [3.05, 3.63) is 46.8 Å². The van der Waals surface area contributed by atoms with E-state index in [2.05, 4.69) is 29.0 Å². The lowest BCUT2D eigenvalue weighted by atomic mass is 10.1. The molecule has 2 heterocycles. The maximum atomic E-state index is 10.9. The molecule has 1 atom stereocenters. The van der Waals surface area contributed by atoms with Crippen molar-refractivity contribution in [3.63, 3.8) is 0 Å². The molecule has 3 N–H and O–H groups in total. The second kappa shape index (κ2) is 10.6. The number of carbonyl (C=O) groups is 1. The van der Waals surface area contributed by atoms with Crippen molar-refractivity contribution in [2.45, 2.75) is 60.0 Å². The van der Waals surface area contributed by atoms with E-state index in [-0.39, 0.29) is 19.4 Å². The molecular formula is C25H32N4O4. The van der Waals surface area contributed by atoms with E-state index < -0.39 is 12.0 Å². The summed E-state index contributed by atoms with van der Waals surface area (Å²) >= 11 is 0. The number of primary amides is 1. The molecular weight excluding hydrogens is 420 g/mol. The summed E-state index contributed by atoms with van der Waals surface area (Å²) in [5.41, 5.74) is 10.5. The fourth-order valence-electron chi connectivity index (χ4n) is 3.71. The van der Waals surface area contributed by atoms with E-state index in [0.717, 1.165) is 40.1 Å². The van der Waals surface area contributed by atoms with E-state index in [1.165, 1.54) is 0 Å². The second-order valence-electron chi connectivity index (χ2n) is 8.91. The van der Waals surface area contributed by atoms with Gasteiger partial charge in [-0.15, -0.1) is 10.2 Å². The number of nitrogens with zero attached hydrogens (tertiary/aromatic N) is 3. The summed E-state index contributed by atoms with van der Waals surface area (Å²) < 4.78 is 11.8. The summed E-state index contributed by atoms with van der Waals surface area (Å²) in [6.45, 7) is 10.2. The van der Waals surface area contributed by atoms with E-state index in [4.69, 9.17) is 14.9 Å². The predicted molar refractivity (Wildman–Crippen MR) is 126 cm³/mol. The minimum Gasteiger partial charge on any atom is -0.490 e. The number of aliphatic hydroxyl groups excluding tert-OH is 1. The molecule has 33 heavy (non-hydrogen) atoms. The normalized spacial score (nSPS) is 12.2. The first kappa shape index (κ1) is 24.4. The molecule has 0 saturated heterocycles. The molecule has 176 valence electrons. The Morgan fingerprint density at radius 1 is 1.06 bits per heavy atom. The molecule has 3 rings (SSSR count). The van der Waals surface area contributed by atoms with Gasteiger partial charge in [-0.1, -0.05) is 13.8 Å². The number of hydrogen-bond acceptors (Lipinski definition) is 7. The fourth-order valence-corrected chi connectivity index (χ4v) is 3.71. The average molecular weight is 453 g/mol. The number of aryl methyl sites for hydroxylation is 3. The second-order valence-corrected chi connectivity index (χ2v) is 8.91. The zero-order valence-corrected chi connectivity index (χ0v) is 19.9. The molecule has 0 aliphatic rings. The van der Waals surface area contributed by atoms with Crippen LogP contribution in [-0.4, -0.2) is 38.9 Å². The Labute approximate surface area is 194 Å². The van der Waals surface area contributed by atoms with Gasteiger partial charge in [0.05, 0.1) is 6.10 Å². The molecule has 1 amide bonds. The first-order valence-electron chi connectivity index (χ1n) is 11.1. The van der Waals surface area contributed by atoms with Gasteiger partial charge in [0.25, 0.3) is 0 Å². The highest BCUT2D eigenvalue weighted by molar-refractivity contribution is 5.73. The van der Waals surface area contributed by atoms with Gasteiger partial charge in [-0.25, -0.2) is 0 Å². The Bertz CT molecular complexity index is 1100. The summed E-state index contributed by atoms with van der Waals surface area (Å²) in [6, 6.07) is 7.77. The summed E-state index contributed by atoms with van der Waals surface area (Å²) in [7, 11) is 0. The number of amides is 1. The number of aliphatic hydroxyl groups is 1. The van der Waals surface area contributed by atoms with Crippen molar-refractivity contribution in [2.75, 3.05) is 6.61 Å². The largest absolute Gasteiger partial charge is 0.490 e. The lowest BCUT2D eigenvalue weighted by Gasteiger charge is -2.16. The number of benzene rings is 1. The maximum Gasteiger partial charge on any atom is 0.248 e. The molecule has 0 aliphatic carbocycles. The van der Waals surface area contributed by atoms with Crippen LogP contribution in [0.15, 0.2) is 28.7 Å².